The van der Waals surface area contributed by atoms with Crippen molar-refractivity contribution in [2.24, 2.45) is 5.92 Å². The Hall–Kier alpha value is -3.74. The molecule has 0 aliphatic carbocycles. The number of aryl methyl sites for hydroxylation is 1. The first-order chi connectivity index (χ1) is 20.4. The molecule has 42 heavy (non-hydrogen) atoms. The summed E-state index contributed by atoms with van der Waals surface area (Å²) in [6.45, 7) is 0.770. The Morgan fingerprint density at radius 3 is 2.31 bits per heavy atom. The van der Waals surface area contributed by atoms with Crippen LogP contribution in [0.15, 0.2) is 78.9 Å². The van der Waals surface area contributed by atoms with Gasteiger partial charge in [-0.1, -0.05) is 61.0 Å². The molecule has 0 radical (unpaired) electrons. The average molecular weight is 593 g/mol. The van der Waals surface area contributed by atoms with Crippen molar-refractivity contribution in [3.8, 4) is 5.75 Å². The molecule has 0 saturated heterocycles. The van der Waals surface area contributed by atoms with Crippen molar-refractivity contribution in [1.82, 2.24) is 10.6 Å². The highest BCUT2D eigenvalue weighted by Gasteiger charge is 2.28. The Balaban J connectivity index is 1.51. The van der Waals surface area contributed by atoms with Crippen molar-refractivity contribution in [1.29, 1.82) is 0 Å². The summed E-state index contributed by atoms with van der Waals surface area (Å²) in [6, 6.07) is 25.4. The minimum absolute atomic E-state index is 0.112. The van der Waals surface area contributed by atoms with Gasteiger partial charge in [0.05, 0.1) is 14.2 Å². The number of rotatable bonds is 18. The third-order valence-electron chi connectivity index (χ3n) is 7.18. The fraction of sp³-hybridized carbons (Fsp3) is 0.394. The third-order valence-corrected chi connectivity index (χ3v) is 8.40. The SMILES string of the molecule is CNC(=O)C(Cc1ccc(OC)cc1)NC(=O)CC(CCCCc1cccc(NCc2ccccc2)c1)C[P+](=O)OC. The summed E-state index contributed by atoms with van der Waals surface area (Å²) in [5.41, 5.74) is 4.47. The summed E-state index contributed by atoms with van der Waals surface area (Å²) in [4.78, 5) is 25.6. The number of hydrogen-bond donors (Lipinski definition) is 3. The van der Waals surface area contributed by atoms with E-state index in [1.165, 1.54) is 18.2 Å². The molecule has 0 bridgehead atoms. The van der Waals surface area contributed by atoms with Crippen LogP contribution in [0.1, 0.15) is 42.4 Å². The Morgan fingerprint density at radius 1 is 0.881 bits per heavy atom. The highest BCUT2D eigenvalue weighted by molar-refractivity contribution is 7.39. The van der Waals surface area contributed by atoms with Crippen LogP contribution in [0.4, 0.5) is 5.69 Å². The fourth-order valence-corrected chi connectivity index (χ4v) is 5.72. The number of ether oxygens (including phenoxy) is 1. The third kappa shape index (κ3) is 11.6. The predicted octanol–water partition coefficient (Wildman–Crippen LogP) is 5.89. The quantitative estimate of drug-likeness (QED) is 0.126. The minimum atomic E-state index is -1.85. The molecule has 3 aromatic carbocycles. The maximum atomic E-state index is 13.0. The molecule has 3 N–H and O–H groups in total. The van der Waals surface area contributed by atoms with E-state index < -0.39 is 14.1 Å². The summed E-state index contributed by atoms with van der Waals surface area (Å²) in [6.07, 6.45) is 4.33. The smallest absolute Gasteiger partial charge is 0.497 e. The highest BCUT2D eigenvalue weighted by Crippen LogP contribution is 2.29. The molecular weight excluding hydrogens is 549 g/mol. The first-order valence-corrected chi connectivity index (χ1v) is 15.8. The summed E-state index contributed by atoms with van der Waals surface area (Å²) in [7, 11) is 2.72. The Morgan fingerprint density at radius 2 is 1.62 bits per heavy atom. The molecule has 2 amide bonds. The van der Waals surface area contributed by atoms with E-state index in [0.29, 0.717) is 12.6 Å². The molecule has 0 spiro atoms. The van der Waals surface area contributed by atoms with Crippen LogP contribution in [0.3, 0.4) is 0 Å². The van der Waals surface area contributed by atoms with E-state index in [-0.39, 0.29) is 24.2 Å². The zero-order chi connectivity index (χ0) is 30.2. The van der Waals surface area contributed by atoms with Gasteiger partial charge in [-0.25, -0.2) is 0 Å². The Bertz CT molecular complexity index is 1270. The monoisotopic (exact) mass is 592 g/mol. The average Bonchev–Trinajstić information content (AvgIpc) is 3.02. The fourth-order valence-electron chi connectivity index (χ4n) is 4.84. The van der Waals surface area contributed by atoms with E-state index in [1.807, 2.05) is 42.5 Å². The molecule has 3 atom stereocenters. The van der Waals surface area contributed by atoms with Crippen molar-refractivity contribution in [2.45, 2.75) is 51.1 Å². The van der Waals surface area contributed by atoms with E-state index in [2.05, 4.69) is 52.3 Å². The summed E-state index contributed by atoms with van der Waals surface area (Å²) in [5, 5.41) is 9.01. The molecule has 0 heterocycles. The molecule has 9 heteroatoms. The van der Waals surface area contributed by atoms with E-state index in [0.717, 1.165) is 49.2 Å². The molecule has 3 aromatic rings. The first-order valence-electron chi connectivity index (χ1n) is 14.4. The lowest BCUT2D eigenvalue weighted by molar-refractivity contribution is -0.129. The molecule has 0 aliphatic heterocycles. The summed E-state index contributed by atoms with van der Waals surface area (Å²) < 4.78 is 22.5. The molecule has 3 rings (SSSR count). The number of carbonyl (C=O) groups excluding carboxylic acids is 2. The van der Waals surface area contributed by atoms with Gasteiger partial charge < -0.3 is 20.7 Å². The van der Waals surface area contributed by atoms with Crippen molar-refractivity contribution in [3.05, 3.63) is 95.6 Å². The number of amides is 2. The van der Waals surface area contributed by atoms with Crippen LogP contribution in [0.2, 0.25) is 0 Å². The Labute approximate surface area is 250 Å². The number of nitrogens with one attached hydrogen (secondary N) is 3. The molecule has 0 aliphatic rings. The minimum Gasteiger partial charge on any atom is -0.497 e. The molecule has 8 nitrogen and oxygen atoms in total. The number of unbranched alkanes of at least 4 members (excludes halogenated alkanes) is 1. The zero-order valence-corrected chi connectivity index (χ0v) is 25.7. The van der Waals surface area contributed by atoms with Gasteiger partial charge in [-0.15, -0.1) is 4.52 Å². The number of likely N-dealkylation sites (N-methyl/N-ethyl adjacent to an activating group) is 1. The summed E-state index contributed by atoms with van der Waals surface area (Å²) in [5.74, 6) is 0.110. The topological polar surface area (TPSA) is 106 Å². The van der Waals surface area contributed by atoms with Gasteiger partial charge in [-0.2, -0.15) is 0 Å². The van der Waals surface area contributed by atoms with Crippen LogP contribution in [-0.4, -0.2) is 45.3 Å². The van der Waals surface area contributed by atoms with Crippen LogP contribution in [-0.2, 0) is 38.1 Å². The van der Waals surface area contributed by atoms with Gasteiger partial charge in [0.15, 0.2) is 6.16 Å². The molecule has 3 unspecified atom stereocenters. The van der Waals surface area contributed by atoms with Gasteiger partial charge in [0.2, 0.25) is 11.8 Å². The maximum absolute atomic E-state index is 13.0. The normalized spacial score (nSPS) is 12.6. The Kier molecular flexibility index (Phi) is 14.0. The van der Waals surface area contributed by atoms with Gasteiger partial charge >= 0.3 is 8.03 Å². The van der Waals surface area contributed by atoms with Gasteiger partial charge in [0.1, 0.15) is 11.8 Å². The van der Waals surface area contributed by atoms with E-state index >= 15 is 0 Å². The van der Waals surface area contributed by atoms with E-state index in [9.17, 15) is 14.2 Å². The van der Waals surface area contributed by atoms with Crippen LogP contribution < -0.4 is 20.7 Å². The van der Waals surface area contributed by atoms with E-state index in [4.69, 9.17) is 9.26 Å². The molecule has 0 aromatic heterocycles. The van der Waals surface area contributed by atoms with Gasteiger partial charge in [0, 0.05) is 38.0 Å². The molecule has 224 valence electrons. The predicted molar refractivity (Wildman–Crippen MR) is 168 cm³/mol. The molecular formula is C33H43N3O5P+. The lowest BCUT2D eigenvalue weighted by Gasteiger charge is -2.19. The second-order valence-electron chi connectivity index (χ2n) is 10.3. The van der Waals surface area contributed by atoms with Crippen LogP contribution in [0, 0.1) is 5.92 Å². The maximum Gasteiger partial charge on any atom is 0.508 e. The number of carbonyl (C=O) groups is 2. The molecule has 0 fully saturated rings. The van der Waals surface area contributed by atoms with Crippen molar-refractivity contribution in [2.75, 3.05) is 32.7 Å². The second-order valence-corrected chi connectivity index (χ2v) is 11.7. The standard InChI is InChI=1S/C33H42N3O5P/c1-34-33(38)31(21-26-16-18-30(40-2)19-17-26)36-32(37)22-28(24-42(39)41-3)13-8-7-10-25-14-9-15-29(20-25)35-23-27-11-5-4-6-12-27/h4-6,9,11-12,14-20,28,31,35H,7-8,10,13,21-24H2,1-3H3,(H-,34,36,37,38)/p+1. The van der Waals surface area contributed by atoms with Gasteiger partial charge in [-0.3, -0.25) is 9.59 Å². The molecule has 0 saturated carbocycles. The number of benzene rings is 3. The lowest BCUT2D eigenvalue weighted by Crippen LogP contribution is -2.47. The number of hydrogen-bond acceptors (Lipinski definition) is 6. The number of anilines is 1. The van der Waals surface area contributed by atoms with Crippen molar-refractivity contribution in [3.63, 3.8) is 0 Å². The highest BCUT2D eigenvalue weighted by atomic mass is 31.1. The largest absolute Gasteiger partial charge is 0.508 e. The number of methoxy groups -OCH3 is 1. The van der Waals surface area contributed by atoms with Crippen molar-refractivity contribution >= 4 is 25.5 Å². The zero-order valence-electron chi connectivity index (χ0n) is 24.8. The lowest BCUT2D eigenvalue weighted by atomic mass is 9.97. The van der Waals surface area contributed by atoms with Crippen LogP contribution in [0.25, 0.3) is 0 Å². The van der Waals surface area contributed by atoms with E-state index in [1.54, 1.807) is 14.2 Å². The van der Waals surface area contributed by atoms with Crippen LogP contribution >= 0.6 is 8.03 Å². The van der Waals surface area contributed by atoms with Crippen LogP contribution in [0.5, 0.6) is 5.75 Å². The summed E-state index contributed by atoms with van der Waals surface area (Å²) >= 11 is 0. The second kappa shape index (κ2) is 17.9. The van der Waals surface area contributed by atoms with Gasteiger partial charge in [-0.05, 0) is 64.8 Å². The first kappa shape index (κ1) is 32.8. The van der Waals surface area contributed by atoms with Crippen molar-refractivity contribution < 1.29 is 23.4 Å². The van der Waals surface area contributed by atoms with Gasteiger partial charge in [0.25, 0.3) is 0 Å².